The summed E-state index contributed by atoms with van der Waals surface area (Å²) in [5.41, 5.74) is 12.6. The van der Waals surface area contributed by atoms with Gasteiger partial charge in [0, 0.05) is 24.7 Å². The highest BCUT2D eigenvalue weighted by molar-refractivity contribution is 5.85. The molecule has 4 N–H and O–H groups in total. The summed E-state index contributed by atoms with van der Waals surface area (Å²) in [6.07, 6.45) is 7.79. The van der Waals surface area contributed by atoms with Gasteiger partial charge in [-0.15, -0.1) is 24.8 Å². The minimum Gasteiger partial charge on any atom is -0.457 e. The molecule has 0 spiro atoms. The summed E-state index contributed by atoms with van der Waals surface area (Å²) in [4.78, 5) is 49.4. The van der Waals surface area contributed by atoms with Crippen LogP contribution in [0, 0.1) is 47.3 Å². The van der Waals surface area contributed by atoms with Crippen molar-refractivity contribution in [2.75, 3.05) is 13.1 Å². The topological polar surface area (TPSA) is 139 Å². The van der Waals surface area contributed by atoms with E-state index in [-0.39, 0.29) is 49.7 Å². The molecule has 2 saturated carbocycles. The fourth-order valence-electron chi connectivity index (χ4n) is 8.40. The number of hydrogen-bond donors (Lipinski definition) is 2. The van der Waals surface area contributed by atoms with Crippen LogP contribution in [0.1, 0.15) is 129 Å². The van der Waals surface area contributed by atoms with Crippen molar-refractivity contribution in [1.82, 2.24) is 0 Å². The number of rotatable bonds is 16. The van der Waals surface area contributed by atoms with Gasteiger partial charge in [-0.3, -0.25) is 19.2 Å². The molecule has 0 heterocycles. The lowest BCUT2D eigenvalue weighted by Gasteiger charge is -2.36. The molecular formula is C44H68Cl2N2O6. The highest BCUT2D eigenvalue weighted by Gasteiger charge is 2.36. The summed E-state index contributed by atoms with van der Waals surface area (Å²) in [6, 6.07) is 19.2. The predicted octanol–water partition coefficient (Wildman–Crippen LogP) is 9.42. The Bertz CT molecular complexity index is 1290. The Kier molecular flexibility index (Phi) is 23.2. The van der Waals surface area contributed by atoms with Crippen molar-refractivity contribution >= 4 is 48.3 Å². The molecule has 0 amide bonds. The second-order valence-corrected chi connectivity index (χ2v) is 16.1. The summed E-state index contributed by atoms with van der Waals surface area (Å²) in [5, 5.41) is 0. The Hall–Kier alpha value is -2.78. The Morgan fingerprint density at radius 3 is 1.22 bits per heavy atom. The first-order valence-corrected chi connectivity index (χ1v) is 19.8. The number of esters is 2. The van der Waals surface area contributed by atoms with E-state index in [2.05, 4.69) is 41.5 Å². The van der Waals surface area contributed by atoms with Crippen LogP contribution >= 0.6 is 24.8 Å². The van der Waals surface area contributed by atoms with Crippen molar-refractivity contribution in [3.05, 3.63) is 71.8 Å². The van der Waals surface area contributed by atoms with Crippen molar-refractivity contribution in [3.63, 3.8) is 0 Å². The molecule has 0 aromatic heterocycles. The Labute approximate surface area is 337 Å². The molecular weight excluding hydrogens is 723 g/mol. The lowest BCUT2D eigenvalue weighted by Crippen LogP contribution is -2.33. The number of Topliss-reactive ketones (excluding diaryl/α,β-unsaturated/α-hetero) is 2. The first-order valence-electron chi connectivity index (χ1n) is 19.8. The Morgan fingerprint density at radius 1 is 0.593 bits per heavy atom. The van der Waals surface area contributed by atoms with Crippen LogP contribution < -0.4 is 11.5 Å². The molecule has 2 aromatic carbocycles. The minimum absolute atomic E-state index is 0. The number of carbonyl (C=O) groups excluding carboxylic acids is 4. The molecule has 0 radical (unpaired) electrons. The fourth-order valence-corrected chi connectivity index (χ4v) is 8.40. The average molecular weight is 792 g/mol. The van der Waals surface area contributed by atoms with Crippen LogP contribution in [0.15, 0.2) is 60.7 Å². The van der Waals surface area contributed by atoms with Gasteiger partial charge in [-0.2, -0.15) is 0 Å². The maximum absolute atomic E-state index is 13.0. The summed E-state index contributed by atoms with van der Waals surface area (Å²) < 4.78 is 11.0. The number of hydrogen-bond acceptors (Lipinski definition) is 8. The molecule has 0 saturated heterocycles. The molecule has 0 aliphatic heterocycles. The van der Waals surface area contributed by atoms with Crippen LogP contribution in [0.5, 0.6) is 0 Å². The lowest BCUT2D eigenvalue weighted by molar-refractivity contribution is -0.149. The normalized spacial score (nSPS) is 23.4. The largest absolute Gasteiger partial charge is 0.457 e. The highest BCUT2D eigenvalue weighted by Crippen LogP contribution is 2.41. The zero-order valence-electron chi connectivity index (χ0n) is 33.5. The van der Waals surface area contributed by atoms with Crippen molar-refractivity contribution in [1.29, 1.82) is 0 Å². The van der Waals surface area contributed by atoms with Crippen molar-refractivity contribution in [2.45, 2.75) is 118 Å². The van der Waals surface area contributed by atoms with Crippen molar-refractivity contribution in [3.8, 4) is 0 Å². The molecule has 2 aromatic rings. The van der Waals surface area contributed by atoms with E-state index in [1.165, 1.54) is 12.8 Å². The number of nitrogens with two attached hydrogens (primary N) is 2. The van der Waals surface area contributed by atoms with E-state index in [1.54, 1.807) is 0 Å². The van der Waals surface area contributed by atoms with E-state index in [1.807, 2.05) is 60.7 Å². The molecule has 54 heavy (non-hydrogen) atoms. The molecule has 8 nitrogen and oxygen atoms in total. The van der Waals surface area contributed by atoms with E-state index >= 15 is 0 Å². The summed E-state index contributed by atoms with van der Waals surface area (Å²) >= 11 is 0. The highest BCUT2D eigenvalue weighted by atomic mass is 35.5. The van der Waals surface area contributed by atoms with Crippen LogP contribution in [-0.4, -0.2) is 36.6 Å². The molecule has 8 atom stereocenters. The summed E-state index contributed by atoms with van der Waals surface area (Å²) in [5.74, 6) is 3.27. The Morgan fingerprint density at radius 2 is 0.926 bits per heavy atom. The molecule has 2 aliphatic rings. The third-order valence-corrected chi connectivity index (χ3v) is 11.4. The van der Waals surface area contributed by atoms with Crippen LogP contribution in [0.25, 0.3) is 0 Å². The van der Waals surface area contributed by atoms with Gasteiger partial charge in [0.2, 0.25) is 0 Å². The lowest BCUT2D eigenvalue weighted by atomic mass is 9.68. The number of benzene rings is 2. The monoisotopic (exact) mass is 790 g/mol. The zero-order chi connectivity index (χ0) is 38.2. The van der Waals surface area contributed by atoms with Crippen molar-refractivity contribution < 1.29 is 28.7 Å². The first kappa shape index (κ1) is 49.2. The third kappa shape index (κ3) is 15.8. The molecule has 2 fully saturated rings. The van der Waals surface area contributed by atoms with Gasteiger partial charge in [0.15, 0.2) is 0 Å². The summed E-state index contributed by atoms with van der Waals surface area (Å²) in [6.45, 7) is 13.1. The minimum atomic E-state index is -0.433. The van der Waals surface area contributed by atoms with Crippen LogP contribution in [0.2, 0.25) is 0 Å². The smallest absolute Gasteiger partial charge is 0.320 e. The van der Waals surface area contributed by atoms with Gasteiger partial charge in [0.05, 0.1) is 13.1 Å². The van der Waals surface area contributed by atoms with Crippen LogP contribution in [0.3, 0.4) is 0 Å². The number of halogens is 2. The van der Waals surface area contributed by atoms with Gasteiger partial charge in [-0.25, -0.2) is 0 Å². The van der Waals surface area contributed by atoms with Gasteiger partial charge in [-0.1, -0.05) is 115 Å². The molecule has 4 rings (SSSR count). The van der Waals surface area contributed by atoms with E-state index < -0.39 is 24.1 Å². The van der Waals surface area contributed by atoms with Gasteiger partial charge in [0.1, 0.15) is 23.8 Å². The maximum Gasteiger partial charge on any atom is 0.320 e. The molecule has 304 valence electrons. The molecule has 0 bridgehead atoms. The SMILES string of the molecule is CC(C)[C@@H]1CC[C@@H](C)C[C@H]1C(=O)CCC(OC(=O)CN)c1ccccc1.CC(C)[C@@H]1CC[C@@H](C)C[C@H]1C(=O)CC[C@H](OC(=O)CN)c1ccccc1.Cl.Cl. The number of ketones is 2. The van der Waals surface area contributed by atoms with Crippen LogP contribution in [0.4, 0.5) is 0 Å². The van der Waals surface area contributed by atoms with E-state index in [9.17, 15) is 19.2 Å². The standard InChI is InChI=1S/2C22H33NO3.2ClH/c2*1-15(2)18-10-9-16(3)13-19(18)20(24)11-12-21(26-22(25)14-23)17-7-5-4-6-8-17;;/h2*4-8,15-16,18-19,21H,9-14,23H2,1-3H3;2*1H/t16-,18+,19-,21?;16-,18+,19-,21+;;/m11../s1. The van der Waals surface area contributed by atoms with Gasteiger partial charge >= 0.3 is 11.9 Å². The molecule has 1 unspecified atom stereocenters. The third-order valence-electron chi connectivity index (χ3n) is 11.4. The van der Waals surface area contributed by atoms with E-state index in [0.29, 0.717) is 72.8 Å². The molecule has 10 heteroatoms. The second kappa shape index (κ2) is 25.4. The van der Waals surface area contributed by atoms with Crippen molar-refractivity contribution in [2.24, 2.45) is 58.8 Å². The fraction of sp³-hybridized carbons (Fsp3) is 0.636. The summed E-state index contributed by atoms with van der Waals surface area (Å²) in [7, 11) is 0. The van der Waals surface area contributed by atoms with Gasteiger partial charge < -0.3 is 20.9 Å². The van der Waals surface area contributed by atoms with E-state index in [4.69, 9.17) is 20.9 Å². The number of ether oxygens (including phenoxy) is 2. The predicted molar refractivity (Wildman–Crippen MR) is 221 cm³/mol. The molecule has 2 aliphatic carbocycles. The zero-order valence-corrected chi connectivity index (χ0v) is 35.1. The first-order chi connectivity index (χ1) is 24.8. The average Bonchev–Trinajstić information content (AvgIpc) is 3.15. The Balaban J connectivity index is 0.000000521. The maximum atomic E-state index is 13.0. The quantitative estimate of drug-likeness (QED) is 0.160. The van der Waals surface area contributed by atoms with E-state index in [0.717, 1.165) is 36.8 Å². The second-order valence-electron chi connectivity index (χ2n) is 16.1. The van der Waals surface area contributed by atoms with Gasteiger partial charge in [-0.05, 0) is 85.2 Å². The van der Waals surface area contributed by atoms with Gasteiger partial charge in [0.25, 0.3) is 0 Å². The van der Waals surface area contributed by atoms with Crippen LogP contribution in [-0.2, 0) is 28.7 Å². The number of carbonyl (C=O) groups is 4.